The van der Waals surface area contributed by atoms with Crippen LogP contribution in [0.5, 0.6) is 0 Å². The van der Waals surface area contributed by atoms with Gasteiger partial charge in [0.2, 0.25) is 0 Å². The van der Waals surface area contributed by atoms with Gasteiger partial charge in [-0.15, -0.1) is 0 Å². The first kappa shape index (κ1) is 11.4. The fraction of sp³-hybridized carbons (Fsp3) is 1.00. The van der Waals surface area contributed by atoms with Crippen LogP contribution in [0.2, 0.25) is 0 Å². The highest BCUT2D eigenvalue weighted by Gasteiger charge is 2.38. The third-order valence-electron chi connectivity index (χ3n) is 4.56. The van der Waals surface area contributed by atoms with Crippen LogP contribution in [0.15, 0.2) is 0 Å². The third kappa shape index (κ3) is 2.21. The van der Waals surface area contributed by atoms with Crippen LogP contribution in [0.25, 0.3) is 0 Å². The molecule has 2 aliphatic rings. The van der Waals surface area contributed by atoms with E-state index in [1.807, 2.05) is 0 Å². The fourth-order valence-corrected chi connectivity index (χ4v) is 2.83. The maximum absolute atomic E-state index is 3.74. The van der Waals surface area contributed by atoms with Gasteiger partial charge in [0, 0.05) is 30.7 Å². The molecule has 0 bridgehead atoms. The van der Waals surface area contributed by atoms with Crippen LogP contribution in [-0.4, -0.2) is 35.6 Å². The third-order valence-corrected chi connectivity index (χ3v) is 4.56. The Morgan fingerprint density at radius 2 is 2.07 bits per heavy atom. The number of rotatable bonds is 3. The first-order chi connectivity index (χ1) is 7.18. The van der Waals surface area contributed by atoms with E-state index in [1.165, 1.54) is 45.2 Å². The second-order valence-electron chi connectivity index (χ2n) is 5.61. The van der Waals surface area contributed by atoms with Gasteiger partial charge in [-0.3, -0.25) is 4.90 Å². The van der Waals surface area contributed by atoms with Crippen molar-refractivity contribution in [3.8, 4) is 0 Å². The molecule has 2 rings (SSSR count). The Kier molecular flexibility index (Phi) is 3.36. The van der Waals surface area contributed by atoms with E-state index in [1.54, 1.807) is 0 Å². The summed E-state index contributed by atoms with van der Waals surface area (Å²) in [6, 6.07) is 1.69. The van der Waals surface area contributed by atoms with E-state index in [-0.39, 0.29) is 0 Å². The van der Waals surface area contributed by atoms with Crippen LogP contribution >= 0.6 is 0 Å². The van der Waals surface area contributed by atoms with Crippen LogP contribution in [0.4, 0.5) is 0 Å². The molecule has 0 aromatic carbocycles. The summed E-state index contributed by atoms with van der Waals surface area (Å²) in [5.41, 5.74) is 0.362. The molecule has 0 spiro atoms. The highest BCUT2D eigenvalue weighted by Crippen LogP contribution is 2.31. The fourth-order valence-electron chi connectivity index (χ4n) is 2.83. The largest absolute Gasteiger partial charge is 0.309 e. The zero-order valence-corrected chi connectivity index (χ0v) is 10.6. The number of nitrogens with zero attached hydrogens (tertiary/aromatic N) is 1. The van der Waals surface area contributed by atoms with E-state index in [4.69, 9.17) is 0 Å². The summed E-state index contributed by atoms with van der Waals surface area (Å²) in [6.07, 6.45) is 6.87. The summed E-state index contributed by atoms with van der Waals surface area (Å²) in [4.78, 5) is 2.80. The van der Waals surface area contributed by atoms with Crippen LogP contribution < -0.4 is 5.32 Å². The molecule has 0 amide bonds. The molecule has 1 saturated heterocycles. The van der Waals surface area contributed by atoms with Crippen molar-refractivity contribution < 1.29 is 0 Å². The molecule has 2 heteroatoms. The summed E-state index contributed by atoms with van der Waals surface area (Å²) in [6.45, 7) is 9.46. The highest BCUT2D eigenvalue weighted by molar-refractivity contribution is 4.97. The van der Waals surface area contributed by atoms with Gasteiger partial charge >= 0.3 is 0 Å². The van der Waals surface area contributed by atoms with Crippen molar-refractivity contribution in [2.24, 2.45) is 0 Å². The van der Waals surface area contributed by atoms with Crippen molar-refractivity contribution in [3.63, 3.8) is 0 Å². The van der Waals surface area contributed by atoms with Gasteiger partial charge in [0.25, 0.3) is 0 Å². The molecule has 1 heterocycles. The molecule has 2 fully saturated rings. The maximum atomic E-state index is 3.74. The van der Waals surface area contributed by atoms with Crippen LogP contribution in [-0.2, 0) is 0 Å². The molecule has 1 aliphatic heterocycles. The molecule has 0 aromatic heterocycles. The Morgan fingerprint density at radius 1 is 1.33 bits per heavy atom. The van der Waals surface area contributed by atoms with Gasteiger partial charge in [-0.2, -0.15) is 0 Å². The lowest BCUT2D eigenvalue weighted by atomic mass is 9.85. The summed E-state index contributed by atoms with van der Waals surface area (Å²) < 4.78 is 0. The SMILES string of the molecule is CCC1CNC(C)(CC)CN1C1CCC1. The Hall–Kier alpha value is -0.0800. The lowest BCUT2D eigenvalue weighted by Gasteiger charge is -2.51. The quantitative estimate of drug-likeness (QED) is 0.769. The van der Waals surface area contributed by atoms with Gasteiger partial charge in [-0.25, -0.2) is 0 Å². The van der Waals surface area contributed by atoms with Crippen molar-refractivity contribution >= 4 is 0 Å². The molecular weight excluding hydrogens is 184 g/mol. The number of hydrogen-bond acceptors (Lipinski definition) is 2. The highest BCUT2D eigenvalue weighted by atomic mass is 15.3. The van der Waals surface area contributed by atoms with E-state index >= 15 is 0 Å². The molecule has 2 nitrogen and oxygen atoms in total. The molecule has 0 radical (unpaired) electrons. The van der Waals surface area contributed by atoms with Crippen molar-refractivity contribution in [2.45, 2.75) is 70.5 Å². The Labute approximate surface area is 94.4 Å². The molecule has 1 N–H and O–H groups in total. The number of piperazine rings is 1. The summed E-state index contributed by atoms with van der Waals surface area (Å²) in [5.74, 6) is 0. The second-order valence-corrected chi connectivity index (χ2v) is 5.61. The maximum Gasteiger partial charge on any atom is 0.0278 e. The smallest absolute Gasteiger partial charge is 0.0278 e. The number of nitrogens with one attached hydrogen (secondary N) is 1. The summed E-state index contributed by atoms with van der Waals surface area (Å²) >= 11 is 0. The van der Waals surface area contributed by atoms with Crippen LogP contribution in [0, 0.1) is 0 Å². The summed E-state index contributed by atoms with van der Waals surface area (Å²) in [7, 11) is 0. The minimum atomic E-state index is 0.362. The molecule has 0 aromatic rings. The van der Waals surface area contributed by atoms with Crippen molar-refractivity contribution in [2.75, 3.05) is 13.1 Å². The van der Waals surface area contributed by atoms with Gasteiger partial charge < -0.3 is 5.32 Å². The summed E-state index contributed by atoms with van der Waals surface area (Å²) in [5, 5.41) is 3.74. The predicted molar refractivity (Wildman–Crippen MR) is 65.1 cm³/mol. The van der Waals surface area contributed by atoms with E-state index in [0.29, 0.717) is 5.54 Å². The first-order valence-corrected chi connectivity index (χ1v) is 6.69. The number of hydrogen-bond donors (Lipinski definition) is 1. The van der Waals surface area contributed by atoms with E-state index in [0.717, 1.165) is 12.1 Å². The van der Waals surface area contributed by atoms with Crippen molar-refractivity contribution in [1.29, 1.82) is 0 Å². The predicted octanol–water partition coefficient (Wildman–Crippen LogP) is 2.39. The normalized spacial score (nSPS) is 39.0. The van der Waals surface area contributed by atoms with Gasteiger partial charge in [-0.05, 0) is 32.6 Å². The van der Waals surface area contributed by atoms with E-state index in [9.17, 15) is 0 Å². The molecule has 1 saturated carbocycles. The topological polar surface area (TPSA) is 15.3 Å². The van der Waals surface area contributed by atoms with Crippen molar-refractivity contribution in [3.05, 3.63) is 0 Å². The molecule has 2 atom stereocenters. The zero-order chi connectivity index (χ0) is 10.9. The Balaban J connectivity index is 2.01. The van der Waals surface area contributed by atoms with E-state index < -0.39 is 0 Å². The van der Waals surface area contributed by atoms with Crippen LogP contribution in [0.3, 0.4) is 0 Å². The second kappa shape index (κ2) is 4.42. The molecule has 1 aliphatic carbocycles. The lowest BCUT2D eigenvalue weighted by molar-refractivity contribution is 0.0135. The average molecular weight is 210 g/mol. The Morgan fingerprint density at radius 3 is 2.53 bits per heavy atom. The molecular formula is C13H26N2. The zero-order valence-electron chi connectivity index (χ0n) is 10.6. The van der Waals surface area contributed by atoms with E-state index in [2.05, 4.69) is 31.0 Å². The molecule has 2 unspecified atom stereocenters. The van der Waals surface area contributed by atoms with Gasteiger partial charge in [0.05, 0.1) is 0 Å². The Bertz CT molecular complexity index is 213. The monoisotopic (exact) mass is 210 g/mol. The van der Waals surface area contributed by atoms with Gasteiger partial charge in [-0.1, -0.05) is 20.3 Å². The van der Waals surface area contributed by atoms with Gasteiger partial charge in [0.1, 0.15) is 0 Å². The average Bonchev–Trinajstić information content (AvgIpc) is 2.16. The minimum Gasteiger partial charge on any atom is -0.309 e. The van der Waals surface area contributed by atoms with Crippen LogP contribution in [0.1, 0.15) is 52.9 Å². The van der Waals surface area contributed by atoms with Crippen molar-refractivity contribution in [1.82, 2.24) is 10.2 Å². The molecule has 88 valence electrons. The minimum absolute atomic E-state index is 0.362. The molecule has 15 heavy (non-hydrogen) atoms. The standard InChI is InChI=1S/C13H26N2/c1-4-11-9-14-13(3,5-2)10-15(11)12-7-6-8-12/h11-12,14H,4-10H2,1-3H3. The first-order valence-electron chi connectivity index (χ1n) is 6.69. The van der Waals surface area contributed by atoms with Gasteiger partial charge in [0.15, 0.2) is 0 Å². The lowest BCUT2D eigenvalue weighted by Crippen LogP contribution is -2.65.